The predicted molar refractivity (Wildman–Crippen MR) is 85.0 cm³/mol. The third kappa shape index (κ3) is 3.22. The van der Waals surface area contributed by atoms with Gasteiger partial charge in [0.1, 0.15) is 0 Å². The molecule has 0 spiro atoms. The van der Waals surface area contributed by atoms with E-state index in [9.17, 15) is 0 Å². The van der Waals surface area contributed by atoms with Gasteiger partial charge in [-0.25, -0.2) is 0 Å². The van der Waals surface area contributed by atoms with Crippen LogP contribution in [0.2, 0.25) is 5.02 Å². The van der Waals surface area contributed by atoms with E-state index < -0.39 is 0 Å². The first-order valence-corrected chi connectivity index (χ1v) is 7.91. The summed E-state index contributed by atoms with van der Waals surface area (Å²) in [6.07, 6.45) is 4.50. The zero-order valence-electron chi connectivity index (χ0n) is 11.6. The molecular weight excluding hydrogens is 340 g/mol. The number of aromatic nitrogens is 3. The summed E-state index contributed by atoms with van der Waals surface area (Å²) in [5, 5.41) is 8.48. The molecule has 0 aromatic carbocycles. The Kier molecular flexibility index (Phi) is 5.57. The van der Waals surface area contributed by atoms with Crippen molar-refractivity contribution < 1.29 is 0 Å². The average Bonchev–Trinajstić information content (AvgIpc) is 2.79. The summed E-state index contributed by atoms with van der Waals surface area (Å²) < 4.78 is 2.92. The van der Waals surface area contributed by atoms with Gasteiger partial charge in [-0.1, -0.05) is 25.4 Å². The van der Waals surface area contributed by atoms with Crippen molar-refractivity contribution in [1.82, 2.24) is 20.1 Å². The lowest BCUT2D eigenvalue weighted by atomic mass is 10.1. The second-order valence-electron chi connectivity index (χ2n) is 4.46. The molecule has 2 aromatic rings. The minimum atomic E-state index is -0.0721. The number of halogens is 2. The van der Waals surface area contributed by atoms with E-state index in [1.54, 1.807) is 12.4 Å². The minimum absolute atomic E-state index is 0.0721. The number of hydrogen-bond donors (Lipinski definition) is 1. The second kappa shape index (κ2) is 7.20. The van der Waals surface area contributed by atoms with E-state index in [0.29, 0.717) is 5.02 Å². The molecule has 6 heteroatoms. The average molecular weight is 358 g/mol. The lowest BCUT2D eigenvalue weighted by molar-refractivity contribution is 0.513. The van der Waals surface area contributed by atoms with Gasteiger partial charge in [0.15, 0.2) is 0 Å². The van der Waals surface area contributed by atoms with Crippen molar-refractivity contribution in [3.8, 4) is 0 Å². The fourth-order valence-electron chi connectivity index (χ4n) is 2.19. The van der Waals surface area contributed by atoms with E-state index >= 15 is 0 Å². The number of rotatable bonds is 6. The highest BCUT2D eigenvalue weighted by atomic mass is 79.9. The van der Waals surface area contributed by atoms with Crippen LogP contribution in [0.3, 0.4) is 0 Å². The summed E-state index contributed by atoms with van der Waals surface area (Å²) in [5.74, 6) is 0. The van der Waals surface area contributed by atoms with Crippen molar-refractivity contribution in [2.45, 2.75) is 32.9 Å². The van der Waals surface area contributed by atoms with E-state index in [1.807, 2.05) is 16.8 Å². The molecule has 0 saturated carbocycles. The molecule has 4 nitrogen and oxygen atoms in total. The minimum Gasteiger partial charge on any atom is -0.304 e. The molecule has 0 aliphatic rings. The normalized spacial score (nSPS) is 12.6. The van der Waals surface area contributed by atoms with Crippen LogP contribution in [-0.4, -0.2) is 21.3 Å². The lowest BCUT2D eigenvalue weighted by Gasteiger charge is -2.20. The van der Waals surface area contributed by atoms with Crippen LogP contribution < -0.4 is 5.32 Å². The van der Waals surface area contributed by atoms with Crippen molar-refractivity contribution >= 4 is 27.5 Å². The molecule has 0 saturated heterocycles. The van der Waals surface area contributed by atoms with Gasteiger partial charge < -0.3 is 5.32 Å². The molecule has 1 N–H and O–H groups in total. The number of nitrogens with zero attached hydrogens (tertiary/aromatic N) is 3. The Balaban J connectivity index is 2.49. The summed E-state index contributed by atoms with van der Waals surface area (Å²) in [6, 6.07) is 3.82. The monoisotopic (exact) mass is 356 g/mol. The SMILES string of the molecule is CCCn1ncc(Cl)c1C(NCC)c1ncccc1Br. The molecule has 20 heavy (non-hydrogen) atoms. The first-order valence-electron chi connectivity index (χ1n) is 6.74. The number of pyridine rings is 1. The maximum absolute atomic E-state index is 6.35. The van der Waals surface area contributed by atoms with Crippen molar-refractivity contribution in [2.75, 3.05) is 6.54 Å². The fraction of sp³-hybridized carbons (Fsp3) is 0.429. The zero-order chi connectivity index (χ0) is 14.5. The van der Waals surface area contributed by atoms with E-state index in [4.69, 9.17) is 11.6 Å². The molecule has 1 unspecified atom stereocenters. The van der Waals surface area contributed by atoms with Crippen molar-refractivity contribution in [1.29, 1.82) is 0 Å². The molecule has 0 amide bonds. The van der Waals surface area contributed by atoms with Crippen LogP contribution in [-0.2, 0) is 6.54 Å². The molecule has 0 fully saturated rings. The summed E-state index contributed by atoms with van der Waals surface area (Å²) >= 11 is 9.91. The molecule has 0 radical (unpaired) electrons. The largest absolute Gasteiger partial charge is 0.304 e. The molecule has 0 aliphatic heterocycles. The van der Waals surface area contributed by atoms with Gasteiger partial charge in [-0.3, -0.25) is 9.67 Å². The highest BCUT2D eigenvalue weighted by Crippen LogP contribution is 2.31. The van der Waals surface area contributed by atoms with Gasteiger partial charge >= 0.3 is 0 Å². The van der Waals surface area contributed by atoms with Crippen molar-refractivity contribution in [3.05, 3.63) is 45.4 Å². The molecule has 0 aliphatic carbocycles. The van der Waals surface area contributed by atoms with E-state index in [2.05, 4.69) is 45.2 Å². The molecular formula is C14H18BrClN4. The van der Waals surface area contributed by atoms with Crippen molar-refractivity contribution in [2.24, 2.45) is 0 Å². The van der Waals surface area contributed by atoms with Crippen LogP contribution in [0, 0.1) is 0 Å². The molecule has 2 aromatic heterocycles. The number of hydrogen-bond acceptors (Lipinski definition) is 3. The Morgan fingerprint density at radius 1 is 1.45 bits per heavy atom. The number of aryl methyl sites for hydroxylation is 1. The molecule has 2 rings (SSSR count). The van der Waals surface area contributed by atoms with Crippen molar-refractivity contribution in [3.63, 3.8) is 0 Å². The predicted octanol–water partition coefficient (Wildman–Crippen LogP) is 3.80. The summed E-state index contributed by atoms with van der Waals surface area (Å²) in [5.41, 5.74) is 1.89. The van der Waals surface area contributed by atoms with Crippen LogP contribution in [0.4, 0.5) is 0 Å². The lowest BCUT2D eigenvalue weighted by Crippen LogP contribution is -2.26. The van der Waals surface area contributed by atoms with Gasteiger partial charge in [0, 0.05) is 17.2 Å². The highest BCUT2D eigenvalue weighted by Gasteiger charge is 2.24. The van der Waals surface area contributed by atoms with Gasteiger partial charge in [0.25, 0.3) is 0 Å². The Morgan fingerprint density at radius 2 is 2.25 bits per heavy atom. The van der Waals surface area contributed by atoms with Crippen LogP contribution in [0.5, 0.6) is 0 Å². The maximum atomic E-state index is 6.35. The smallest absolute Gasteiger partial charge is 0.0948 e. The Hall–Kier alpha value is -0.910. The van der Waals surface area contributed by atoms with Crippen LogP contribution in [0.1, 0.15) is 37.7 Å². The van der Waals surface area contributed by atoms with E-state index in [0.717, 1.165) is 35.4 Å². The quantitative estimate of drug-likeness (QED) is 0.855. The third-order valence-corrected chi connectivity index (χ3v) is 3.97. The Labute approximate surface area is 132 Å². The van der Waals surface area contributed by atoms with Crippen LogP contribution in [0.25, 0.3) is 0 Å². The van der Waals surface area contributed by atoms with Gasteiger partial charge in [-0.2, -0.15) is 5.10 Å². The topological polar surface area (TPSA) is 42.7 Å². The molecule has 0 bridgehead atoms. The zero-order valence-corrected chi connectivity index (χ0v) is 13.9. The summed E-state index contributed by atoms with van der Waals surface area (Å²) in [4.78, 5) is 4.49. The Bertz CT molecular complexity index is 570. The molecule has 1 atom stereocenters. The summed E-state index contributed by atoms with van der Waals surface area (Å²) in [7, 11) is 0. The third-order valence-electron chi connectivity index (χ3n) is 3.01. The fourth-order valence-corrected chi connectivity index (χ4v) is 2.92. The maximum Gasteiger partial charge on any atom is 0.0948 e. The Morgan fingerprint density at radius 3 is 2.90 bits per heavy atom. The van der Waals surface area contributed by atoms with Crippen LogP contribution >= 0.6 is 27.5 Å². The van der Waals surface area contributed by atoms with E-state index in [1.165, 1.54) is 0 Å². The number of nitrogens with one attached hydrogen (secondary N) is 1. The van der Waals surface area contributed by atoms with E-state index in [-0.39, 0.29) is 6.04 Å². The molecule has 2 heterocycles. The highest BCUT2D eigenvalue weighted by molar-refractivity contribution is 9.10. The van der Waals surface area contributed by atoms with Gasteiger partial charge in [0.2, 0.25) is 0 Å². The van der Waals surface area contributed by atoms with Crippen LogP contribution in [0.15, 0.2) is 29.0 Å². The standard InChI is InChI=1S/C14H18BrClN4/c1-3-8-20-14(11(16)9-19-20)13(17-4-2)12-10(15)6-5-7-18-12/h5-7,9,13,17H,3-4,8H2,1-2H3. The second-order valence-corrected chi connectivity index (χ2v) is 5.72. The van der Waals surface area contributed by atoms with Gasteiger partial charge in [-0.05, 0) is 41.0 Å². The molecule has 108 valence electrons. The first kappa shape index (κ1) is 15.5. The van der Waals surface area contributed by atoms with Gasteiger partial charge in [0.05, 0.1) is 28.6 Å². The van der Waals surface area contributed by atoms with Gasteiger partial charge in [-0.15, -0.1) is 0 Å². The first-order chi connectivity index (χ1) is 9.69. The summed E-state index contributed by atoms with van der Waals surface area (Å²) in [6.45, 7) is 5.85.